The first-order valence-corrected chi connectivity index (χ1v) is 5.23. The number of carbonyl (C=O) groups is 1. The molecule has 0 heterocycles. The Kier molecular flexibility index (Phi) is 8.27. The summed E-state index contributed by atoms with van der Waals surface area (Å²) in [6.07, 6.45) is 0.178. The fourth-order valence-electron chi connectivity index (χ4n) is 1.01. The van der Waals surface area contributed by atoms with E-state index in [0.29, 0.717) is 19.8 Å². The highest BCUT2D eigenvalue weighted by Crippen LogP contribution is 1.90. The number of carboxylic acids is 1. The maximum Gasteiger partial charge on any atom is 0.323 e. The van der Waals surface area contributed by atoms with Crippen LogP contribution in [0.4, 0.5) is 0 Å². The second kappa shape index (κ2) is 8.64. The van der Waals surface area contributed by atoms with Crippen LogP contribution < -0.4 is 5.32 Å². The lowest BCUT2D eigenvalue weighted by atomic mass is 10.3. The van der Waals surface area contributed by atoms with Gasteiger partial charge in [0.15, 0.2) is 0 Å². The summed E-state index contributed by atoms with van der Waals surface area (Å²) in [5, 5.41) is 11.6. The third-order valence-corrected chi connectivity index (χ3v) is 1.71. The van der Waals surface area contributed by atoms with Gasteiger partial charge < -0.3 is 19.9 Å². The SMILES string of the molecule is CCNC(COCCOC(C)C)C(=O)O. The number of hydrogen-bond donors (Lipinski definition) is 2. The lowest BCUT2D eigenvalue weighted by Crippen LogP contribution is -2.40. The number of hydrogen-bond acceptors (Lipinski definition) is 4. The number of likely N-dealkylation sites (N-methyl/N-ethyl adjacent to an activating group) is 1. The van der Waals surface area contributed by atoms with Gasteiger partial charge in [0.05, 0.1) is 25.9 Å². The second-order valence-corrected chi connectivity index (χ2v) is 3.44. The fraction of sp³-hybridized carbons (Fsp3) is 0.900. The Morgan fingerprint density at radius 3 is 2.53 bits per heavy atom. The number of ether oxygens (including phenoxy) is 2. The van der Waals surface area contributed by atoms with E-state index in [-0.39, 0.29) is 12.7 Å². The van der Waals surface area contributed by atoms with Gasteiger partial charge in [-0.3, -0.25) is 4.79 Å². The molecule has 1 unspecified atom stereocenters. The highest BCUT2D eigenvalue weighted by Gasteiger charge is 2.15. The third kappa shape index (κ3) is 8.35. The van der Waals surface area contributed by atoms with E-state index in [9.17, 15) is 4.79 Å². The number of nitrogens with one attached hydrogen (secondary N) is 1. The molecular weight excluding hydrogens is 198 g/mol. The molecule has 0 amide bonds. The van der Waals surface area contributed by atoms with E-state index < -0.39 is 12.0 Å². The Hall–Kier alpha value is -0.650. The maximum atomic E-state index is 10.7. The molecule has 0 bridgehead atoms. The van der Waals surface area contributed by atoms with Gasteiger partial charge in [0.25, 0.3) is 0 Å². The average molecular weight is 219 g/mol. The van der Waals surface area contributed by atoms with Gasteiger partial charge in [-0.15, -0.1) is 0 Å². The van der Waals surface area contributed by atoms with Gasteiger partial charge in [-0.25, -0.2) is 0 Å². The van der Waals surface area contributed by atoms with E-state index in [2.05, 4.69) is 5.32 Å². The zero-order valence-corrected chi connectivity index (χ0v) is 9.66. The molecule has 0 aromatic rings. The van der Waals surface area contributed by atoms with Crippen LogP contribution in [0.2, 0.25) is 0 Å². The summed E-state index contributed by atoms with van der Waals surface area (Å²) < 4.78 is 10.4. The molecule has 0 aliphatic heterocycles. The highest BCUT2D eigenvalue weighted by molar-refractivity contribution is 5.73. The molecule has 0 aromatic heterocycles. The Morgan fingerprint density at radius 2 is 2.07 bits per heavy atom. The molecule has 5 nitrogen and oxygen atoms in total. The maximum absolute atomic E-state index is 10.7. The Bertz CT molecular complexity index is 173. The number of aliphatic carboxylic acids is 1. The molecule has 0 saturated heterocycles. The quantitative estimate of drug-likeness (QED) is 0.552. The minimum Gasteiger partial charge on any atom is -0.480 e. The van der Waals surface area contributed by atoms with E-state index in [0.717, 1.165) is 0 Å². The van der Waals surface area contributed by atoms with Crippen LogP contribution >= 0.6 is 0 Å². The molecule has 0 rings (SSSR count). The van der Waals surface area contributed by atoms with E-state index in [1.165, 1.54) is 0 Å². The van der Waals surface area contributed by atoms with E-state index >= 15 is 0 Å². The molecule has 0 fully saturated rings. The summed E-state index contributed by atoms with van der Waals surface area (Å²) >= 11 is 0. The molecule has 0 aliphatic carbocycles. The van der Waals surface area contributed by atoms with E-state index in [1.807, 2.05) is 20.8 Å². The van der Waals surface area contributed by atoms with Gasteiger partial charge in [-0.05, 0) is 20.4 Å². The van der Waals surface area contributed by atoms with Crippen molar-refractivity contribution in [2.75, 3.05) is 26.4 Å². The smallest absolute Gasteiger partial charge is 0.323 e. The lowest BCUT2D eigenvalue weighted by Gasteiger charge is -2.13. The van der Waals surface area contributed by atoms with Gasteiger partial charge in [-0.1, -0.05) is 6.92 Å². The minimum absolute atomic E-state index is 0.171. The summed E-state index contributed by atoms with van der Waals surface area (Å²) in [7, 11) is 0. The van der Waals surface area contributed by atoms with Crippen molar-refractivity contribution in [3.63, 3.8) is 0 Å². The molecule has 2 N–H and O–H groups in total. The summed E-state index contributed by atoms with van der Waals surface area (Å²) in [6.45, 7) is 7.45. The Morgan fingerprint density at radius 1 is 1.40 bits per heavy atom. The number of carboxylic acid groups (broad SMARTS) is 1. The average Bonchev–Trinajstić information content (AvgIpc) is 2.15. The predicted octanol–water partition coefficient (Wildman–Crippen LogP) is 0.491. The van der Waals surface area contributed by atoms with E-state index in [1.54, 1.807) is 0 Å². The summed E-state index contributed by atoms with van der Waals surface area (Å²) in [4.78, 5) is 10.7. The monoisotopic (exact) mass is 219 g/mol. The topological polar surface area (TPSA) is 67.8 Å². The zero-order chi connectivity index (χ0) is 11.7. The first kappa shape index (κ1) is 14.3. The lowest BCUT2D eigenvalue weighted by molar-refractivity contribution is -0.141. The van der Waals surface area contributed by atoms with Crippen LogP contribution in [-0.4, -0.2) is 49.6 Å². The molecule has 5 heteroatoms. The van der Waals surface area contributed by atoms with Crippen molar-refractivity contribution < 1.29 is 19.4 Å². The van der Waals surface area contributed by atoms with Gasteiger partial charge in [0, 0.05) is 0 Å². The fourth-order valence-corrected chi connectivity index (χ4v) is 1.01. The highest BCUT2D eigenvalue weighted by atomic mass is 16.5. The molecular formula is C10H21NO4. The second-order valence-electron chi connectivity index (χ2n) is 3.44. The van der Waals surface area contributed by atoms with E-state index in [4.69, 9.17) is 14.6 Å². The predicted molar refractivity (Wildman–Crippen MR) is 57.0 cm³/mol. The van der Waals surface area contributed by atoms with Crippen molar-refractivity contribution in [2.45, 2.75) is 32.9 Å². The first-order valence-electron chi connectivity index (χ1n) is 5.23. The summed E-state index contributed by atoms with van der Waals surface area (Å²) in [5.74, 6) is -0.887. The molecule has 15 heavy (non-hydrogen) atoms. The molecule has 0 radical (unpaired) electrons. The third-order valence-electron chi connectivity index (χ3n) is 1.71. The Labute approximate surface area is 90.8 Å². The van der Waals surface area contributed by atoms with Crippen LogP contribution in [0.5, 0.6) is 0 Å². The largest absolute Gasteiger partial charge is 0.480 e. The molecule has 0 aliphatic rings. The van der Waals surface area contributed by atoms with Crippen LogP contribution in [0.3, 0.4) is 0 Å². The standard InChI is InChI=1S/C10H21NO4/c1-4-11-9(10(12)13)7-14-5-6-15-8(2)3/h8-9,11H,4-7H2,1-3H3,(H,12,13). The molecule has 0 spiro atoms. The van der Waals surface area contributed by atoms with Crippen LogP contribution in [0, 0.1) is 0 Å². The van der Waals surface area contributed by atoms with Gasteiger partial charge in [-0.2, -0.15) is 0 Å². The molecule has 1 atom stereocenters. The van der Waals surface area contributed by atoms with Gasteiger partial charge in [0.1, 0.15) is 6.04 Å². The van der Waals surface area contributed by atoms with Crippen LogP contribution in [-0.2, 0) is 14.3 Å². The van der Waals surface area contributed by atoms with Gasteiger partial charge in [0.2, 0.25) is 0 Å². The molecule has 0 aromatic carbocycles. The van der Waals surface area contributed by atoms with Crippen LogP contribution in [0.15, 0.2) is 0 Å². The van der Waals surface area contributed by atoms with Crippen molar-refractivity contribution >= 4 is 5.97 Å². The van der Waals surface area contributed by atoms with Crippen molar-refractivity contribution in [1.29, 1.82) is 0 Å². The van der Waals surface area contributed by atoms with Crippen molar-refractivity contribution in [3.05, 3.63) is 0 Å². The summed E-state index contributed by atoms with van der Waals surface area (Å²) in [5.41, 5.74) is 0. The minimum atomic E-state index is -0.887. The van der Waals surface area contributed by atoms with Crippen molar-refractivity contribution in [2.24, 2.45) is 0 Å². The Balaban J connectivity index is 3.49. The van der Waals surface area contributed by atoms with Crippen molar-refractivity contribution in [1.82, 2.24) is 5.32 Å². The zero-order valence-electron chi connectivity index (χ0n) is 9.66. The summed E-state index contributed by atoms with van der Waals surface area (Å²) in [6, 6.07) is -0.631. The normalized spacial score (nSPS) is 13.1. The molecule has 0 saturated carbocycles. The molecule has 90 valence electrons. The van der Waals surface area contributed by atoms with Crippen molar-refractivity contribution in [3.8, 4) is 0 Å². The van der Waals surface area contributed by atoms with Crippen LogP contribution in [0.1, 0.15) is 20.8 Å². The first-order chi connectivity index (χ1) is 7.07. The van der Waals surface area contributed by atoms with Gasteiger partial charge >= 0.3 is 5.97 Å². The van der Waals surface area contributed by atoms with Crippen LogP contribution in [0.25, 0.3) is 0 Å². The number of rotatable bonds is 9.